The third-order valence-electron chi connectivity index (χ3n) is 5.30. The molecule has 0 radical (unpaired) electrons. The van der Waals surface area contributed by atoms with E-state index in [-0.39, 0.29) is 16.9 Å². The van der Waals surface area contributed by atoms with Crippen molar-refractivity contribution in [2.75, 3.05) is 0 Å². The van der Waals surface area contributed by atoms with Gasteiger partial charge in [0.1, 0.15) is 4.21 Å². The first-order valence-corrected chi connectivity index (χ1v) is 9.18. The zero-order valence-corrected chi connectivity index (χ0v) is 13.3. The summed E-state index contributed by atoms with van der Waals surface area (Å²) in [5.41, 5.74) is 0.176. The summed E-state index contributed by atoms with van der Waals surface area (Å²) < 4.78 is 28.3. The smallest absolute Gasteiger partial charge is 0.206 e. The van der Waals surface area contributed by atoms with E-state index in [0.717, 1.165) is 12.8 Å². The molecule has 19 heavy (non-hydrogen) atoms. The Kier molecular flexibility index (Phi) is 2.90. The maximum atomic E-state index is 12.5. The van der Waals surface area contributed by atoms with Crippen molar-refractivity contribution in [3.05, 3.63) is 17.5 Å². The van der Waals surface area contributed by atoms with Gasteiger partial charge in [-0.25, -0.2) is 13.1 Å². The summed E-state index contributed by atoms with van der Waals surface area (Å²) in [4.78, 5) is 0. The zero-order valence-electron chi connectivity index (χ0n) is 11.6. The quantitative estimate of drug-likeness (QED) is 0.931. The van der Waals surface area contributed by atoms with Crippen LogP contribution in [0.5, 0.6) is 0 Å². The first kappa shape index (κ1) is 13.6. The lowest BCUT2D eigenvalue weighted by Crippen LogP contribution is -2.52. The third-order valence-corrected chi connectivity index (χ3v) is 8.12. The van der Waals surface area contributed by atoms with Crippen LogP contribution in [0.4, 0.5) is 0 Å². The molecule has 1 aromatic heterocycles. The number of sulfonamides is 1. The Balaban J connectivity index is 1.92. The van der Waals surface area contributed by atoms with Gasteiger partial charge < -0.3 is 0 Å². The molecule has 0 saturated heterocycles. The summed E-state index contributed by atoms with van der Waals surface area (Å²) in [5.74, 6) is 0.647. The Hall–Kier alpha value is -0.390. The third kappa shape index (κ3) is 1.98. The van der Waals surface area contributed by atoms with Crippen LogP contribution >= 0.6 is 11.3 Å². The summed E-state index contributed by atoms with van der Waals surface area (Å²) >= 11 is 1.28. The summed E-state index contributed by atoms with van der Waals surface area (Å²) in [6.07, 6.45) is 3.52. The molecule has 2 bridgehead atoms. The topological polar surface area (TPSA) is 46.2 Å². The second-order valence-electron chi connectivity index (χ2n) is 6.90. The van der Waals surface area contributed by atoms with Gasteiger partial charge in [-0.3, -0.25) is 0 Å². The lowest BCUT2D eigenvalue weighted by Gasteiger charge is -2.42. The van der Waals surface area contributed by atoms with Crippen molar-refractivity contribution in [1.82, 2.24) is 4.72 Å². The van der Waals surface area contributed by atoms with Gasteiger partial charge in [0.05, 0.1) is 0 Å². The number of hydrogen-bond acceptors (Lipinski definition) is 3. The lowest BCUT2D eigenvalue weighted by molar-refractivity contribution is 0.127. The predicted molar refractivity (Wildman–Crippen MR) is 77.7 cm³/mol. The van der Waals surface area contributed by atoms with Crippen molar-refractivity contribution in [3.63, 3.8) is 0 Å². The Labute approximate surface area is 119 Å². The van der Waals surface area contributed by atoms with Gasteiger partial charge in [-0.1, -0.05) is 26.8 Å². The van der Waals surface area contributed by atoms with Crippen LogP contribution in [-0.2, 0) is 10.0 Å². The van der Waals surface area contributed by atoms with E-state index in [2.05, 4.69) is 25.5 Å². The average Bonchev–Trinajstić information content (AvgIpc) is 2.97. The average molecular weight is 299 g/mol. The number of fused-ring (bicyclic) bond motifs is 2. The van der Waals surface area contributed by atoms with Crippen LogP contribution in [0.25, 0.3) is 0 Å². The lowest BCUT2D eigenvalue weighted by atomic mass is 9.69. The molecule has 0 unspecified atom stereocenters. The zero-order chi connectivity index (χ0) is 13.9. The Morgan fingerprint density at radius 1 is 1.37 bits per heavy atom. The molecule has 3 atom stereocenters. The minimum absolute atomic E-state index is 0.0471. The molecule has 0 spiro atoms. The second kappa shape index (κ2) is 4.06. The monoisotopic (exact) mass is 299 g/mol. The second-order valence-corrected chi connectivity index (χ2v) is 9.79. The molecule has 2 fully saturated rings. The molecule has 1 aromatic rings. The fraction of sp³-hybridized carbons (Fsp3) is 0.714. The Morgan fingerprint density at radius 2 is 2.11 bits per heavy atom. The van der Waals surface area contributed by atoms with Crippen molar-refractivity contribution in [2.45, 2.75) is 50.3 Å². The van der Waals surface area contributed by atoms with Crippen LogP contribution in [0.2, 0.25) is 0 Å². The highest BCUT2D eigenvalue weighted by atomic mass is 32.2. The Morgan fingerprint density at radius 3 is 2.63 bits per heavy atom. The molecule has 2 saturated carbocycles. The minimum Gasteiger partial charge on any atom is -0.206 e. The van der Waals surface area contributed by atoms with Crippen molar-refractivity contribution >= 4 is 21.4 Å². The molecule has 2 aliphatic carbocycles. The molecule has 3 nitrogen and oxygen atoms in total. The summed E-state index contributed by atoms with van der Waals surface area (Å²) in [5, 5.41) is 1.81. The number of rotatable bonds is 3. The van der Waals surface area contributed by atoms with Crippen molar-refractivity contribution in [1.29, 1.82) is 0 Å². The number of hydrogen-bond donors (Lipinski definition) is 1. The number of thiophene rings is 1. The van der Waals surface area contributed by atoms with Gasteiger partial charge in [-0.05, 0) is 47.5 Å². The fourth-order valence-corrected chi connectivity index (χ4v) is 6.76. The number of nitrogens with one attached hydrogen (secondary N) is 1. The molecule has 5 heteroatoms. The first-order valence-electron chi connectivity index (χ1n) is 6.82. The highest BCUT2D eigenvalue weighted by Crippen LogP contribution is 2.62. The van der Waals surface area contributed by atoms with Gasteiger partial charge in [0.25, 0.3) is 0 Å². The predicted octanol–water partition coefficient (Wildman–Crippen LogP) is 3.24. The minimum atomic E-state index is -3.36. The molecule has 2 aliphatic rings. The maximum Gasteiger partial charge on any atom is 0.250 e. The molecule has 1 heterocycles. The maximum absolute atomic E-state index is 12.5. The van der Waals surface area contributed by atoms with E-state index < -0.39 is 10.0 Å². The van der Waals surface area contributed by atoms with Crippen molar-refractivity contribution in [3.8, 4) is 0 Å². The van der Waals surface area contributed by atoms with Crippen molar-refractivity contribution < 1.29 is 8.42 Å². The standard InChI is InChI=1S/C14H21NO2S2/c1-13(2)10-6-7-14(3,9-10)12(13)15-19(16,17)11-5-4-8-18-11/h4-5,8,10,12,15H,6-7,9H2,1-3H3/t10-,12+,14+/m0/s1. The molecule has 0 aliphatic heterocycles. The van der Waals surface area contributed by atoms with Gasteiger partial charge in [0, 0.05) is 6.04 Å². The van der Waals surface area contributed by atoms with E-state index in [1.54, 1.807) is 12.1 Å². The van der Waals surface area contributed by atoms with Crippen molar-refractivity contribution in [2.24, 2.45) is 16.7 Å². The van der Waals surface area contributed by atoms with Crippen LogP contribution in [0.3, 0.4) is 0 Å². The largest absolute Gasteiger partial charge is 0.250 e. The van der Waals surface area contributed by atoms with Crippen LogP contribution in [0, 0.1) is 16.7 Å². The van der Waals surface area contributed by atoms with Crippen LogP contribution in [0.15, 0.2) is 21.7 Å². The molecule has 0 aromatic carbocycles. The molecular formula is C14H21NO2S2. The summed E-state index contributed by atoms with van der Waals surface area (Å²) in [7, 11) is -3.36. The van der Waals surface area contributed by atoms with Crippen LogP contribution in [-0.4, -0.2) is 14.5 Å². The fourth-order valence-electron chi connectivity index (χ4n) is 4.23. The van der Waals surface area contributed by atoms with E-state index in [0.29, 0.717) is 10.1 Å². The van der Waals surface area contributed by atoms with E-state index >= 15 is 0 Å². The summed E-state index contributed by atoms with van der Waals surface area (Å²) in [6, 6.07) is 3.51. The van der Waals surface area contributed by atoms with E-state index in [1.807, 2.05) is 5.38 Å². The van der Waals surface area contributed by atoms with Gasteiger partial charge in [0.2, 0.25) is 10.0 Å². The van der Waals surface area contributed by atoms with E-state index in [4.69, 9.17) is 0 Å². The van der Waals surface area contributed by atoms with Gasteiger partial charge in [-0.2, -0.15) is 0 Å². The van der Waals surface area contributed by atoms with Crippen LogP contribution in [0.1, 0.15) is 40.0 Å². The van der Waals surface area contributed by atoms with Gasteiger partial charge in [0.15, 0.2) is 0 Å². The van der Waals surface area contributed by atoms with Gasteiger partial charge >= 0.3 is 0 Å². The Bertz CT molecular complexity index is 572. The molecular weight excluding hydrogens is 278 g/mol. The molecule has 0 amide bonds. The molecule has 1 N–H and O–H groups in total. The highest BCUT2D eigenvalue weighted by Gasteiger charge is 2.60. The van der Waals surface area contributed by atoms with Crippen LogP contribution < -0.4 is 4.72 Å². The molecule has 106 valence electrons. The SMILES string of the molecule is CC1(C)[C@H]2CC[C@](C)(C2)[C@@H]1NS(=O)(=O)c1cccs1. The first-order chi connectivity index (χ1) is 8.76. The van der Waals surface area contributed by atoms with Gasteiger partial charge in [-0.15, -0.1) is 11.3 Å². The molecule has 3 rings (SSSR count). The summed E-state index contributed by atoms with van der Waals surface area (Å²) in [6.45, 7) is 6.66. The van der Waals surface area contributed by atoms with E-state index in [1.165, 1.54) is 17.8 Å². The highest BCUT2D eigenvalue weighted by molar-refractivity contribution is 7.91. The van der Waals surface area contributed by atoms with E-state index in [9.17, 15) is 8.42 Å². The normalized spacial score (nSPS) is 36.8.